The molecule has 0 bridgehead atoms. The molecule has 2 rings (SSSR count). The van der Waals surface area contributed by atoms with Crippen molar-refractivity contribution in [2.45, 2.75) is 65.5 Å². The van der Waals surface area contributed by atoms with Gasteiger partial charge in [0.15, 0.2) is 0 Å². The van der Waals surface area contributed by atoms with E-state index in [1.807, 2.05) is 31.2 Å². The van der Waals surface area contributed by atoms with E-state index in [4.69, 9.17) is 0 Å². The third kappa shape index (κ3) is 4.57. The number of carbonyl (C=O) groups excluding carboxylic acids is 2. The molecular weight excluding hydrogens is 288 g/mol. The maximum absolute atomic E-state index is 12.5. The minimum atomic E-state index is -1.06. The number of aryl methyl sites for hydroxylation is 1. The summed E-state index contributed by atoms with van der Waals surface area (Å²) in [4.78, 5) is 24.9. The number of benzene rings is 1. The Bertz CT molecular complexity index is 560. The molecule has 1 saturated carbocycles. The van der Waals surface area contributed by atoms with Crippen LogP contribution in [0.25, 0.3) is 0 Å². The molecule has 0 spiro atoms. The van der Waals surface area contributed by atoms with Gasteiger partial charge in [-0.3, -0.25) is 9.59 Å². The Morgan fingerprint density at radius 3 is 2.39 bits per heavy atom. The number of rotatable bonds is 5. The van der Waals surface area contributed by atoms with Crippen LogP contribution in [0.3, 0.4) is 0 Å². The molecule has 1 fully saturated rings. The Kier molecular flexibility index (Phi) is 5.80. The van der Waals surface area contributed by atoms with E-state index in [0.29, 0.717) is 6.54 Å². The fraction of sp³-hybridized carbons (Fsp3) is 0.579. The van der Waals surface area contributed by atoms with Gasteiger partial charge in [-0.25, -0.2) is 0 Å². The molecule has 4 nitrogen and oxygen atoms in total. The summed E-state index contributed by atoms with van der Waals surface area (Å²) in [5, 5.41) is 5.95. The normalized spacial score (nSPS) is 16.0. The molecule has 0 aromatic heterocycles. The van der Waals surface area contributed by atoms with Gasteiger partial charge in [0.25, 0.3) is 0 Å². The van der Waals surface area contributed by atoms with Crippen LogP contribution in [0.5, 0.6) is 0 Å². The smallest absolute Gasteiger partial charge is 0.235 e. The summed E-state index contributed by atoms with van der Waals surface area (Å²) in [6, 6.07) is 8.16. The molecule has 23 heavy (non-hydrogen) atoms. The van der Waals surface area contributed by atoms with Gasteiger partial charge >= 0.3 is 0 Å². The minimum Gasteiger partial charge on any atom is -0.352 e. The Hall–Kier alpha value is -1.84. The van der Waals surface area contributed by atoms with Crippen molar-refractivity contribution in [3.63, 3.8) is 0 Å². The second-order valence-corrected chi connectivity index (χ2v) is 7.04. The van der Waals surface area contributed by atoms with Crippen molar-refractivity contribution in [2.24, 2.45) is 5.41 Å². The van der Waals surface area contributed by atoms with Crippen LogP contribution >= 0.6 is 0 Å². The van der Waals surface area contributed by atoms with Crippen LogP contribution in [-0.4, -0.2) is 17.9 Å². The zero-order chi connectivity index (χ0) is 16.9. The van der Waals surface area contributed by atoms with Crippen molar-refractivity contribution in [3.05, 3.63) is 35.4 Å². The molecule has 126 valence electrons. The molecule has 1 aromatic carbocycles. The quantitative estimate of drug-likeness (QED) is 0.820. The summed E-state index contributed by atoms with van der Waals surface area (Å²) >= 11 is 0. The molecule has 0 aliphatic heterocycles. The van der Waals surface area contributed by atoms with E-state index in [1.165, 1.54) is 6.42 Å². The molecular formula is C19H28N2O2. The van der Waals surface area contributed by atoms with E-state index in [-0.39, 0.29) is 17.9 Å². The topological polar surface area (TPSA) is 58.2 Å². The monoisotopic (exact) mass is 316 g/mol. The van der Waals surface area contributed by atoms with Gasteiger partial charge in [-0.05, 0) is 44.7 Å². The fourth-order valence-electron chi connectivity index (χ4n) is 2.92. The molecule has 0 saturated heterocycles. The second kappa shape index (κ2) is 7.62. The van der Waals surface area contributed by atoms with Gasteiger partial charge in [0.05, 0.1) is 0 Å². The van der Waals surface area contributed by atoms with Crippen LogP contribution in [0.4, 0.5) is 0 Å². The van der Waals surface area contributed by atoms with Gasteiger partial charge in [-0.1, -0.05) is 43.5 Å². The SMILES string of the molecule is Cc1ccccc1CNC(=O)C(C)(C)C(=O)NC1CCCCC1. The predicted octanol–water partition coefficient (Wildman–Crippen LogP) is 3.09. The van der Waals surface area contributed by atoms with Crippen molar-refractivity contribution >= 4 is 11.8 Å². The Labute approximate surface area is 139 Å². The number of carbonyl (C=O) groups is 2. The summed E-state index contributed by atoms with van der Waals surface area (Å²) < 4.78 is 0. The van der Waals surface area contributed by atoms with Gasteiger partial charge in [0.2, 0.25) is 11.8 Å². The highest BCUT2D eigenvalue weighted by Gasteiger charge is 2.37. The molecule has 0 radical (unpaired) electrons. The molecule has 1 aliphatic rings. The van der Waals surface area contributed by atoms with E-state index in [0.717, 1.165) is 36.8 Å². The lowest BCUT2D eigenvalue weighted by atomic mass is 9.88. The fourth-order valence-corrected chi connectivity index (χ4v) is 2.92. The summed E-state index contributed by atoms with van der Waals surface area (Å²) in [7, 11) is 0. The van der Waals surface area contributed by atoms with Crippen LogP contribution in [-0.2, 0) is 16.1 Å². The van der Waals surface area contributed by atoms with Gasteiger partial charge in [0, 0.05) is 12.6 Å². The first-order chi connectivity index (χ1) is 10.9. The molecule has 0 heterocycles. The maximum Gasteiger partial charge on any atom is 0.235 e. The zero-order valence-electron chi connectivity index (χ0n) is 14.4. The van der Waals surface area contributed by atoms with Crippen molar-refractivity contribution < 1.29 is 9.59 Å². The van der Waals surface area contributed by atoms with Gasteiger partial charge < -0.3 is 10.6 Å². The molecule has 0 atom stereocenters. The molecule has 0 unspecified atom stereocenters. The minimum absolute atomic E-state index is 0.174. The first kappa shape index (κ1) is 17.5. The van der Waals surface area contributed by atoms with Gasteiger partial charge in [-0.15, -0.1) is 0 Å². The summed E-state index contributed by atoms with van der Waals surface area (Å²) in [6.45, 7) is 5.85. The standard InChI is InChI=1S/C19H28N2O2/c1-14-9-7-8-10-15(14)13-20-17(22)19(2,3)18(23)21-16-11-5-4-6-12-16/h7-10,16H,4-6,11-13H2,1-3H3,(H,20,22)(H,21,23). The van der Waals surface area contributed by atoms with Crippen molar-refractivity contribution in [3.8, 4) is 0 Å². The van der Waals surface area contributed by atoms with Crippen molar-refractivity contribution in [2.75, 3.05) is 0 Å². The average molecular weight is 316 g/mol. The van der Waals surface area contributed by atoms with Crippen LogP contribution in [0.1, 0.15) is 57.1 Å². The summed E-state index contributed by atoms with van der Waals surface area (Å²) in [5.74, 6) is -0.402. The van der Waals surface area contributed by atoms with Gasteiger partial charge in [0.1, 0.15) is 5.41 Å². The third-order valence-corrected chi connectivity index (χ3v) is 4.78. The number of nitrogens with one attached hydrogen (secondary N) is 2. The molecule has 1 aromatic rings. The Morgan fingerprint density at radius 1 is 1.09 bits per heavy atom. The first-order valence-electron chi connectivity index (χ1n) is 8.55. The molecule has 2 N–H and O–H groups in total. The average Bonchev–Trinajstić information content (AvgIpc) is 2.54. The summed E-state index contributed by atoms with van der Waals surface area (Å²) in [6.07, 6.45) is 5.60. The Morgan fingerprint density at radius 2 is 1.74 bits per heavy atom. The van der Waals surface area contributed by atoms with Crippen LogP contribution in [0.15, 0.2) is 24.3 Å². The molecule has 2 amide bonds. The van der Waals surface area contributed by atoms with Crippen molar-refractivity contribution in [1.29, 1.82) is 0 Å². The Balaban J connectivity index is 1.90. The lowest BCUT2D eigenvalue weighted by molar-refractivity contribution is -0.142. The zero-order valence-corrected chi connectivity index (χ0v) is 14.4. The van der Waals surface area contributed by atoms with E-state index >= 15 is 0 Å². The summed E-state index contributed by atoms with van der Waals surface area (Å²) in [5.41, 5.74) is 1.15. The lowest BCUT2D eigenvalue weighted by Gasteiger charge is -2.28. The van der Waals surface area contributed by atoms with E-state index in [1.54, 1.807) is 13.8 Å². The third-order valence-electron chi connectivity index (χ3n) is 4.78. The lowest BCUT2D eigenvalue weighted by Crippen LogP contribution is -2.50. The number of hydrogen-bond acceptors (Lipinski definition) is 2. The van der Waals surface area contributed by atoms with E-state index < -0.39 is 5.41 Å². The molecule has 4 heteroatoms. The largest absolute Gasteiger partial charge is 0.352 e. The highest BCUT2D eigenvalue weighted by molar-refractivity contribution is 6.04. The van der Waals surface area contributed by atoms with Gasteiger partial charge in [-0.2, -0.15) is 0 Å². The first-order valence-corrected chi connectivity index (χ1v) is 8.55. The second-order valence-electron chi connectivity index (χ2n) is 7.04. The highest BCUT2D eigenvalue weighted by Crippen LogP contribution is 2.21. The van der Waals surface area contributed by atoms with Crippen LogP contribution in [0, 0.1) is 12.3 Å². The van der Waals surface area contributed by atoms with E-state index in [2.05, 4.69) is 10.6 Å². The highest BCUT2D eigenvalue weighted by atomic mass is 16.2. The number of hydrogen-bond donors (Lipinski definition) is 2. The predicted molar refractivity (Wildman–Crippen MR) is 91.8 cm³/mol. The van der Waals surface area contributed by atoms with Crippen molar-refractivity contribution in [1.82, 2.24) is 10.6 Å². The van der Waals surface area contributed by atoms with Crippen LogP contribution in [0.2, 0.25) is 0 Å². The van der Waals surface area contributed by atoms with E-state index in [9.17, 15) is 9.59 Å². The maximum atomic E-state index is 12.5. The number of amides is 2. The van der Waals surface area contributed by atoms with Crippen LogP contribution < -0.4 is 10.6 Å². The molecule has 1 aliphatic carbocycles.